The molecule has 3 unspecified atom stereocenters. The van der Waals surface area contributed by atoms with Crippen LogP contribution in [0, 0.1) is 28.8 Å². The van der Waals surface area contributed by atoms with Crippen LogP contribution in [0.1, 0.15) is 37.5 Å². The fourth-order valence-corrected chi connectivity index (χ4v) is 20.9. The predicted octanol–water partition coefficient (Wildman–Crippen LogP) is 15.7. The van der Waals surface area contributed by atoms with E-state index in [1.807, 2.05) is 11.0 Å². The molecule has 0 aliphatic carbocycles. The Hall–Kier alpha value is -11.9. The van der Waals surface area contributed by atoms with Gasteiger partial charge in [0.25, 0.3) is 51.9 Å². The summed E-state index contributed by atoms with van der Waals surface area (Å²) in [5.74, 6) is -1.41. The third-order valence-electron chi connectivity index (χ3n) is 19.3. The maximum atomic E-state index is 14.0. The van der Waals surface area contributed by atoms with Crippen molar-refractivity contribution in [2.75, 3.05) is 89.2 Å². The fourth-order valence-electron chi connectivity index (χ4n) is 13.2. The van der Waals surface area contributed by atoms with Crippen LogP contribution < -0.4 is 58.2 Å². The molecule has 0 spiro atoms. The van der Waals surface area contributed by atoms with Gasteiger partial charge in [-0.25, -0.2) is 66.8 Å². The number of nitriles is 1. The molecule has 9 heterocycles. The molecule has 4 saturated heterocycles. The van der Waals surface area contributed by atoms with Gasteiger partial charge < -0.3 is 39.3 Å². The molecule has 13 aromatic rings. The van der Waals surface area contributed by atoms with Crippen LogP contribution >= 0.6 is 68.5 Å². The molecule has 0 radical (unpaired) electrons. The van der Waals surface area contributed by atoms with Crippen molar-refractivity contribution < 1.29 is 77.8 Å². The maximum absolute atomic E-state index is 14.0. The van der Waals surface area contributed by atoms with Gasteiger partial charge in [0.2, 0.25) is 5.91 Å². The number of sulfonamides is 4. The first-order valence-electron chi connectivity index (χ1n) is 37.2. The van der Waals surface area contributed by atoms with E-state index in [-0.39, 0.29) is 88.7 Å². The van der Waals surface area contributed by atoms with Crippen LogP contribution in [-0.2, 0) is 61.0 Å². The lowest BCUT2D eigenvalue weighted by Gasteiger charge is -2.37. The molecule has 0 bridgehead atoms. The molecule has 123 heavy (non-hydrogen) atoms. The molecular formula is C81H79Cl2F3N16O13S8. The molecule has 644 valence electrons. The van der Waals surface area contributed by atoms with Crippen LogP contribution in [0.5, 0.6) is 11.5 Å². The number of fused-ring (bicyclic) bond motifs is 1. The minimum absolute atomic E-state index is 0. The van der Waals surface area contributed by atoms with Gasteiger partial charge in [0.1, 0.15) is 34.8 Å². The second-order valence-electron chi connectivity index (χ2n) is 27.1. The summed E-state index contributed by atoms with van der Waals surface area (Å²) in [5, 5.41) is 21.3. The number of carbonyl (C=O) groups excluding carboxylic acids is 3. The molecule has 4 fully saturated rings. The number of hydrogen-bond donors (Lipinski definition) is 5. The van der Waals surface area contributed by atoms with Crippen molar-refractivity contribution in [3.05, 3.63) is 273 Å². The fraction of sp³-hybridized carbons (Fsp3) is 0.173. The Labute approximate surface area is 737 Å². The quantitative estimate of drug-likeness (QED) is 0.0375. The van der Waals surface area contributed by atoms with Crippen LogP contribution in [0.2, 0.25) is 10.0 Å². The van der Waals surface area contributed by atoms with Crippen molar-refractivity contribution in [1.29, 1.82) is 5.26 Å². The van der Waals surface area contributed by atoms with E-state index in [2.05, 4.69) is 54.0 Å². The maximum Gasteiger partial charge on any atom is 0.268 e. The predicted molar refractivity (Wildman–Crippen MR) is 479 cm³/mol. The van der Waals surface area contributed by atoms with Crippen LogP contribution in [-0.4, -0.2) is 140 Å². The van der Waals surface area contributed by atoms with Gasteiger partial charge in [-0.3, -0.25) is 38.3 Å². The van der Waals surface area contributed by atoms with Crippen molar-refractivity contribution in [2.45, 2.75) is 63.6 Å². The monoisotopic (exact) mass is 1870 g/mol. The molecule has 4 aliphatic heterocycles. The highest BCUT2D eigenvalue weighted by Crippen LogP contribution is 2.40. The molecule has 8 aromatic carbocycles. The van der Waals surface area contributed by atoms with Crippen LogP contribution in [0.3, 0.4) is 0 Å². The smallest absolute Gasteiger partial charge is 0.268 e. The largest absolute Gasteiger partial charge is 0.480 e. The molecule has 4 aliphatic rings. The van der Waals surface area contributed by atoms with E-state index in [9.17, 15) is 61.2 Å². The highest BCUT2D eigenvalue weighted by molar-refractivity contribution is 7.93. The second kappa shape index (κ2) is 38.7. The summed E-state index contributed by atoms with van der Waals surface area (Å²) in [5.41, 5.74) is 4.56. The topological polar surface area (TPSA) is 371 Å². The Morgan fingerprint density at radius 1 is 0.447 bits per heavy atom. The Morgan fingerprint density at radius 2 is 0.878 bits per heavy atom. The first kappa shape index (κ1) is 87.5. The Kier molecular flexibility index (Phi) is 27.5. The van der Waals surface area contributed by atoms with E-state index in [1.54, 1.807) is 141 Å². The minimum Gasteiger partial charge on any atom is -0.480 e. The van der Waals surface area contributed by atoms with Crippen molar-refractivity contribution in [3.63, 3.8) is 0 Å². The summed E-state index contributed by atoms with van der Waals surface area (Å²) < 4.78 is 162. The number of nitrogens with one attached hydrogen (secondary N) is 5. The van der Waals surface area contributed by atoms with Gasteiger partial charge in [-0.05, 0) is 164 Å². The number of anilines is 9. The Bertz CT molecular complexity index is 6480. The summed E-state index contributed by atoms with van der Waals surface area (Å²) >= 11 is 17.4. The van der Waals surface area contributed by atoms with Crippen molar-refractivity contribution >= 4 is 186 Å². The van der Waals surface area contributed by atoms with Crippen LogP contribution in [0.25, 0.3) is 10.9 Å². The molecule has 0 saturated carbocycles. The Morgan fingerprint density at radius 3 is 1.32 bits per heavy atom. The zero-order valence-corrected chi connectivity index (χ0v) is 72.0. The number of piperazine rings is 1. The molecular weight excluding hydrogens is 1790 g/mol. The number of rotatable bonds is 24. The zero-order valence-electron chi connectivity index (χ0n) is 63.9. The normalized spacial score (nSPS) is 16.0. The lowest BCUT2D eigenvalue weighted by Crippen LogP contribution is -2.46. The third kappa shape index (κ3) is 21.4. The number of halogens is 5. The Balaban J connectivity index is 0.000000191. The van der Waals surface area contributed by atoms with E-state index in [1.165, 1.54) is 136 Å². The minimum atomic E-state index is -3.79. The average molecular weight is 1870 g/mol. The zero-order chi connectivity index (χ0) is 86.6. The van der Waals surface area contributed by atoms with E-state index >= 15 is 0 Å². The standard InChI is InChI=1S/C22H16Cl2N4O4S2.C20H15FN4O4S2.C20H19FN4O3S2.C19H19FN4O2S2.5H2/c23-16-12-17(24)20(19-15(16)2-1-8-25-19)32-18-7-10-28(21(18)29)13-3-5-14(6-4-13)34(30,31)27-22-26-9-11-33-22;21-17-11-15(4-1-13(17)12-22)29-18-7-9-25(19(18)26)14-2-5-16(6-3-14)31(27,28)24-20-23-8-10-30-20;21-15-3-1-14(2-4-15)13-23-18-9-11-25(19(18)26)16-5-7-17(8-6-16)30(27,28)24-20-22-10-12-29-20;20-17-3-1-2-4-18(17)24-12-10-23(11-13-24)15-5-7-16(8-6-15)28(25,26)22-19-21-9-14-27-19;;;;;/h1-6,8-9,11-12,18H,7,10H2,(H,26,27);1-6,8,10-11,18H,7,9H2,(H,23,24);1-8,10,12,18,23H,9,11,13H2,(H,22,24);1-9,14H,10-13H2,(H,21,22);5*1H. The van der Waals surface area contributed by atoms with E-state index in [4.69, 9.17) is 37.9 Å². The van der Waals surface area contributed by atoms with E-state index in [0.717, 1.165) is 41.7 Å². The number of hydrogen-bond acceptors (Lipinski definition) is 26. The summed E-state index contributed by atoms with van der Waals surface area (Å²) in [6.45, 7) is 4.64. The molecule has 3 amide bonds. The lowest BCUT2D eigenvalue weighted by atomic mass is 10.2. The summed E-state index contributed by atoms with van der Waals surface area (Å²) in [6.07, 6.45) is 7.55. The number of nitrogens with zero attached hydrogens (tertiary/aromatic N) is 11. The van der Waals surface area contributed by atoms with E-state index in [0.29, 0.717) is 113 Å². The van der Waals surface area contributed by atoms with Gasteiger partial charge in [0.05, 0.1) is 46.9 Å². The molecule has 42 heteroatoms. The van der Waals surface area contributed by atoms with Gasteiger partial charge >= 0.3 is 0 Å². The third-order valence-corrected chi connectivity index (χ3v) is 28.6. The molecule has 5 aromatic heterocycles. The van der Waals surface area contributed by atoms with Crippen LogP contribution in [0.4, 0.5) is 62.1 Å². The number of amides is 3. The van der Waals surface area contributed by atoms with Crippen molar-refractivity contribution in [2.24, 2.45) is 0 Å². The number of carbonyl (C=O) groups is 3. The molecule has 17 rings (SSSR count). The number of thiazole rings is 4. The second-order valence-corrected chi connectivity index (χ2v) is 38.2. The van der Waals surface area contributed by atoms with Gasteiger partial charge in [0, 0.05) is 159 Å². The first-order chi connectivity index (χ1) is 59.1. The van der Waals surface area contributed by atoms with Gasteiger partial charge in [0.15, 0.2) is 38.5 Å². The lowest BCUT2D eigenvalue weighted by molar-refractivity contribution is -0.123. The summed E-state index contributed by atoms with van der Waals surface area (Å²) in [4.78, 5) is 67.8. The molecule has 5 N–H and O–H groups in total. The molecule has 29 nitrogen and oxygen atoms in total. The number of para-hydroxylation sites is 1. The number of aromatic nitrogens is 5. The SMILES string of the molecule is N#Cc1ccc(OC2CCN(c3ccc(S(=O)(=O)Nc4nccs4)cc3)C2=O)cc1F.O=C1C(NCc2ccc(F)cc2)CCN1c1ccc(S(=O)(=O)Nc2nccs2)cc1.O=C1C(Oc2c(Cl)cc(Cl)c3cccnc23)CCN1c1ccc(S(=O)(=O)Nc2nccs2)cc1.O=S(=O)(Nc1nccs1)c1ccc(N2CCN(c3ccccc3F)CC2)cc1.[HH].[HH].[HH].[HH].[HH]. The van der Waals surface area contributed by atoms with Gasteiger partial charge in [-0.15, -0.1) is 45.3 Å². The van der Waals surface area contributed by atoms with Crippen LogP contribution in [0.15, 0.2) is 254 Å². The van der Waals surface area contributed by atoms with Crippen molar-refractivity contribution in [3.8, 4) is 17.6 Å². The molecule has 3 atom stereocenters. The number of benzene rings is 8. The van der Waals surface area contributed by atoms with Crippen molar-refractivity contribution in [1.82, 2.24) is 30.2 Å². The highest BCUT2D eigenvalue weighted by atomic mass is 35.5. The summed E-state index contributed by atoms with van der Waals surface area (Å²) in [6, 6.07) is 48.2. The van der Waals surface area contributed by atoms with Gasteiger partial charge in [-0.1, -0.05) is 47.5 Å². The number of ether oxygens (including phenoxy) is 2. The van der Waals surface area contributed by atoms with E-state index < -0.39 is 58.1 Å². The highest BCUT2D eigenvalue weighted by Gasteiger charge is 2.38. The average Bonchev–Trinajstić information content (AvgIpc) is 1.33. The summed E-state index contributed by atoms with van der Waals surface area (Å²) in [7, 11) is -15.0. The van der Waals surface area contributed by atoms with Gasteiger partial charge in [-0.2, -0.15) is 5.26 Å². The first-order valence-corrected chi connectivity index (χ1v) is 47.4. The number of pyridine rings is 1.